The summed E-state index contributed by atoms with van der Waals surface area (Å²) in [6, 6.07) is 13.1. The third-order valence-corrected chi connectivity index (χ3v) is 3.86. The van der Waals surface area contributed by atoms with Crippen LogP contribution in [0.5, 0.6) is 0 Å². The van der Waals surface area contributed by atoms with Crippen molar-refractivity contribution in [1.29, 1.82) is 0 Å². The van der Waals surface area contributed by atoms with Crippen LogP contribution in [0.3, 0.4) is 0 Å². The summed E-state index contributed by atoms with van der Waals surface area (Å²) >= 11 is 0. The largest absolute Gasteiger partial charge is 0.462 e. The zero-order chi connectivity index (χ0) is 16.2. The highest BCUT2D eigenvalue weighted by atomic mass is 16.5. The van der Waals surface area contributed by atoms with Crippen LogP contribution in [0, 0.1) is 6.92 Å². The molecular weight excluding hydrogens is 290 g/mol. The molecule has 0 aliphatic carbocycles. The Hall–Kier alpha value is -2.88. The lowest BCUT2D eigenvalue weighted by atomic mass is 10.0. The summed E-state index contributed by atoms with van der Waals surface area (Å²) in [4.78, 5) is 23.0. The molecule has 116 valence electrons. The second-order valence-electron chi connectivity index (χ2n) is 5.45. The Morgan fingerprint density at radius 2 is 2.04 bits per heavy atom. The molecule has 4 heteroatoms. The Kier molecular flexibility index (Phi) is 4.24. The van der Waals surface area contributed by atoms with Crippen LogP contribution >= 0.6 is 0 Å². The zero-order valence-electron chi connectivity index (χ0n) is 12.9. The molecule has 0 amide bonds. The minimum Gasteiger partial charge on any atom is -0.462 e. The van der Waals surface area contributed by atoms with Gasteiger partial charge < -0.3 is 9.14 Å². The first kappa shape index (κ1) is 15.0. The fraction of sp³-hybridized carbons (Fsp3) is 0.158. The molecule has 0 fully saturated rings. The van der Waals surface area contributed by atoms with E-state index < -0.39 is 0 Å². The molecule has 0 atom stereocenters. The van der Waals surface area contributed by atoms with Gasteiger partial charge in [0.15, 0.2) is 0 Å². The minimum absolute atomic E-state index is 0.284. The Balaban J connectivity index is 1.61. The summed E-state index contributed by atoms with van der Waals surface area (Å²) in [5, 5.41) is 0. The average Bonchev–Trinajstić information content (AvgIpc) is 3.03. The van der Waals surface area contributed by atoms with E-state index >= 15 is 0 Å². The SMILES string of the molecule is Cc1ccc(CCOC(=O)c2ccn3cccc3c2)cc1C=O. The van der Waals surface area contributed by atoms with Crippen molar-refractivity contribution in [2.24, 2.45) is 0 Å². The first-order valence-corrected chi connectivity index (χ1v) is 7.46. The van der Waals surface area contributed by atoms with Gasteiger partial charge in [0.25, 0.3) is 0 Å². The molecule has 0 spiro atoms. The molecule has 2 aromatic heterocycles. The maximum atomic E-state index is 12.1. The predicted octanol–water partition coefficient (Wildman–Crippen LogP) is 3.46. The molecule has 3 aromatic rings. The van der Waals surface area contributed by atoms with Crippen molar-refractivity contribution in [2.45, 2.75) is 13.3 Å². The number of benzene rings is 1. The van der Waals surface area contributed by atoms with Gasteiger partial charge in [0.2, 0.25) is 0 Å². The Morgan fingerprint density at radius 1 is 1.17 bits per heavy atom. The highest BCUT2D eigenvalue weighted by Gasteiger charge is 2.08. The molecule has 0 saturated heterocycles. The number of aldehydes is 1. The molecule has 0 unspecified atom stereocenters. The van der Waals surface area contributed by atoms with E-state index in [0.717, 1.165) is 22.9 Å². The number of rotatable bonds is 5. The number of hydrogen-bond acceptors (Lipinski definition) is 3. The maximum absolute atomic E-state index is 12.1. The second kappa shape index (κ2) is 6.48. The summed E-state index contributed by atoms with van der Waals surface area (Å²) in [6.45, 7) is 2.18. The molecule has 0 saturated carbocycles. The van der Waals surface area contributed by atoms with Crippen molar-refractivity contribution in [3.05, 3.63) is 77.1 Å². The number of esters is 1. The minimum atomic E-state index is -0.337. The van der Waals surface area contributed by atoms with E-state index in [1.54, 1.807) is 12.1 Å². The number of ether oxygens (including phenoxy) is 1. The number of pyridine rings is 1. The number of aromatic nitrogens is 1. The number of aryl methyl sites for hydroxylation is 1. The second-order valence-corrected chi connectivity index (χ2v) is 5.45. The van der Waals surface area contributed by atoms with Crippen LogP contribution in [0.1, 0.15) is 31.8 Å². The lowest BCUT2D eigenvalue weighted by Crippen LogP contribution is -2.08. The number of hydrogen-bond donors (Lipinski definition) is 0. The molecule has 4 nitrogen and oxygen atoms in total. The number of nitrogens with zero attached hydrogens (tertiary/aromatic N) is 1. The van der Waals surface area contributed by atoms with Crippen molar-refractivity contribution < 1.29 is 14.3 Å². The van der Waals surface area contributed by atoms with Crippen LogP contribution in [0.2, 0.25) is 0 Å². The van der Waals surface area contributed by atoms with Gasteiger partial charge in [-0.25, -0.2) is 4.79 Å². The van der Waals surface area contributed by atoms with E-state index in [2.05, 4.69) is 0 Å². The Bertz CT molecular complexity index is 864. The zero-order valence-corrected chi connectivity index (χ0v) is 12.9. The molecule has 0 aliphatic heterocycles. The van der Waals surface area contributed by atoms with Crippen LogP contribution in [-0.4, -0.2) is 23.3 Å². The lowest BCUT2D eigenvalue weighted by molar-refractivity contribution is 0.0509. The summed E-state index contributed by atoms with van der Waals surface area (Å²) in [5.74, 6) is -0.337. The molecule has 3 rings (SSSR count). The van der Waals surface area contributed by atoms with Crippen LogP contribution in [0.15, 0.2) is 54.9 Å². The van der Waals surface area contributed by atoms with E-state index in [1.807, 2.05) is 54.0 Å². The molecule has 0 bridgehead atoms. The van der Waals surface area contributed by atoms with Gasteiger partial charge in [0, 0.05) is 29.9 Å². The van der Waals surface area contributed by atoms with Gasteiger partial charge in [-0.15, -0.1) is 0 Å². The van der Waals surface area contributed by atoms with Gasteiger partial charge in [0.05, 0.1) is 12.2 Å². The maximum Gasteiger partial charge on any atom is 0.338 e. The summed E-state index contributed by atoms with van der Waals surface area (Å²) in [6.07, 6.45) is 5.19. The first-order valence-electron chi connectivity index (χ1n) is 7.46. The summed E-state index contributed by atoms with van der Waals surface area (Å²) < 4.78 is 7.26. The standard InChI is InChI=1S/C19H17NO3/c1-14-4-5-15(11-17(14)13-21)7-10-23-19(22)16-6-9-20-8-2-3-18(20)12-16/h2-6,8-9,11-13H,7,10H2,1H3. The van der Waals surface area contributed by atoms with E-state index in [1.165, 1.54) is 0 Å². The van der Waals surface area contributed by atoms with Crippen LogP contribution < -0.4 is 0 Å². The fourth-order valence-corrected chi connectivity index (χ4v) is 2.48. The highest BCUT2D eigenvalue weighted by Crippen LogP contribution is 2.12. The van der Waals surface area contributed by atoms with E-state index in [-0.39, 0.29) is 12.6 Å². The van der Waals surface area contributed by atoms with Crippen molar-refractivity contribution in [1.82, 2.24) is 4.40 Å². The summed E-state index contributed by atoms with van der Waals surface area (Å²) in [5.41, 5.74) is 4.09. The van der Waals surface area contributed by atoms with E-state index in [9.17, 15) is 9.59 Å². The van der Waals surface area contributed by atoms with Gasteiger partial charge >= 0.3 is 5.97 Å². The normalized spacial score (nSPS) is 10.7. The molecule has 0 aliphatic rings. The summed E-state index contributed by atoms with van der Waals surface area (Å²) in [7, 11) is 0. The van der Waals surface area contributed by atoms with Crippen molar-refractivity contribution in [3.8, 4) is 0 Å². The average molecular weight is 307 g/mol. The molecule has 2 heterocycles. The van der Waals surface area contributed by atoms with Crippen LogP contribution in [-0.2, 0) is 11.2 Å². The molecule has 0 radical (unpaired) electrons. The number of fused-ring (bicyclic) bond motifs is 1. The smallest absolute Gasteiger partial charge is 0.338 e. The third-order valence-electron chi connectivity index (χ3n) is 3.86. The van der Waals surface area contributed by atoms with Crippen LogP contribution in [0.4, 0.5) is 0 Å². The monoisotopic (exact) mass is 307 g/mol. The van der Waals surface area contributed by atoms with Gasteiger partial charge in [-0.1, -0.05) is 12.1 Å². The van der Waals surface area contributed by atoms with Gasteiger partial charge in [-0.2, -0.15) is 0 Å². The van der Waals surface area contributed by atoms with Crippen molar-refractivity contribution >= 4 is 17.8 Å². The molecule has 23 heavy (non-hydrogen) atoms. The Morgan fingerprint density at radius 3 is 2.87 bits per heavy atom. The quantitative estimate of drug-likeness (QED) is 0.536. The fourth-order valence-electron chi connectivity index (χ4n) is 2.48. The molecule has 0 N–H and O–H groups in total. The third kappa shape index (κ3) is 3.31. The highest BCUT2D eigenvalue weighted by molar-refractivity contribution is 5.90. The van der Waals surface area contributed by atoms with E-state index in [4.69, 9.17) is 4.74 Å². The first-order chi connectivity index (χ1) is 11.2. The van der Waals surface area contributed by atoms with Crippen molar-refractivity contribution in [2.75, 3.05) is 6.61 Å². The predicted molar refractivity (Wildman–Crippen MR) is 88.0 cm³/mol. The lowest BCUT2D eigenvalue weighted by Gasteiger charge is -2.07. The molecular formula is C19H17NO3. The molecule has 1 aromatic carbocycles. The van der Waals surface area contributed by atoms with E-state index in [0.29, 0.717) is 17.5 Å². The van der Waals surface area contributed by atoms with Gasteiger partial charge in [0.1, 0.15) is 6.29 Å². The van der Waals surface area contributed by atoms with Gasteiger partial charge in [-0.3, -0.25) is 4.79 Å². The van der Waals surface area contributed by atoms with Crippen LogP contribution in [0.25, 0.3) is 5.52 Å². The number of carbonyl (C=O) groups is 2. The van der Waals surface area contributed by atoms with Gasteiger partial charge in [-0.05, 0) is 48.4 Å². The topological polar surface area (TPSA) is 47.8 Å². The van der Waals surface area contributed by atoms with Crippen molar-refractivity contribution in [3.63, 3.8) is 0 Å². The number of carbonyl (C=O) groups excluding carboxylic acids is 2. The Labute approximate surface area is 134 Å².